The normalized spacial score (nSPS) is 16.9. The van der Waals surface area contributed by atoms with Gasteiger partial charge in [0.05, 0.1) is 12.0 Å². The molecule has 1 aromatic rings. The van der Waals surface area contributed by atoms with Crippen LogP contribution in [0, 0.1) is 0 Å². The van der Waals surface area contributed by atoms with Gasteiger partial charge in [-0.2, -0.15) is 0 Å². The molecule has 0 aromatic heterocycles. The number of nitrogens with zero attached hydrogens (tertiary/aromatic N) is 1. The summed E-state index contributed by atoms with van der Waals surface area (Å²) in [6, 6.07) is 7.37. The van der Waals surface area contributed by atoms with Crippen LogP contribution in [0.1, 0.15) is 37.7 Å². The Bertz CT molecular complexity index is 531. The van der Waals surface area contributed by atoms with E-state index in [1.807, 2.05) is 24.3 Å². The molecular weight excluding hydrogens is 278 g/mol. The van der Waals surface area contributed by atoms with Crippen LogP contribution in [0.4, 0.5) is 5.69 Å². The molecule has 5 heteroatoms. The average Bonchev–Trinajstić information content (AvgIpc) is 2.49. The van der Waals surface area contributed by atoms with Gasteiger partial charge in [-0.25, -0.2) is 0 Å². The summed E-state index contributed by atoms with van der Waals surface area (Å²) < 4.78 is 0. The molecule has 2 amide bonds. The predicted octanol–water partition coefficient (Wildman–Crippen LogP) is 1.92. The van der Waals surface area contributed by atoms with Gasteiger partial charge in [0.1, 0.15) is 0 Å². The quantitative estimate of drug-likeness (QED) is 0.892. The maximum atomic E-state index is 12.3. The monoisotopic (exact) mass is 303 g/mol. The fourth-order valence-corrected chi connectivity index (χ4v) is 2.70. The summed E-state index contributed by atoms with van der Waals surface area (Å²) in [5.41, 5.74) is 7.13. The standard InChI is InChI=1S/C17H25N3O2/c1-20(2)15(21)12-13-6-8-14(9-7-13)19-16(22)17(18)10-4-3-5-11-17/h6-9H,3-5,10-12,18H2,1-2H3,(H,19,22). The summed E-state index contributed by atoms with van der Waals surface area (Å²) in [5.74, 6) is -0.0516. The molecule has 1 aromatic carbocycles. The van der Waals surface area contributed by atoms with Crippen molar-refractivity contribution < 1.29 is 9.59 Å². The van der Waals surface area contributed by atoms with E-state index in [0.29, 0.717) is 6.42 Å². The Balaban J connectivity index is 1.96. The predicted molar refractivity (Wildman–Crippen MR) is 87.5 cm³/mol. The second-order valence-corrected chi connectivity index (χ2v) is 6.33. The van der Waals surface area contributed by atoms with Crippen molar-refractivity contribution in [1.29, 1.82) is 0 Å². The van der Waals surface area contributed by atoms with Gasteiger partial charge in [-0.1, -0.05) is 31.4 Å². The van der Waals surface area contributed by atoms with Crippen LogP contribution in [0.3, 0.4) is 0 Å². The van der Waals surface area contributed by atoms with Crippen molar-refractivity contribution in [3.05, 3.63) is 29.8 Å². The highest BCUT2D eigenvalue weighted by molar-refractivity contribution is 5.98. The van der Waals surface area contributed by atoms with Crippen LogP contribution in [0.5, 0.6) is 0 Å². The molecule has 1 aliphatic carbocycles. The Kier molecular flexibility index (Phi) is 5.19. The van der Waals surface area contributed by atoms with E-state index in [9.17, 15) is 9.59 Å². The summed E-state index contributed by atoms with van der Waals surface area (Å²) in [4.78, 5) is 25.6. The number of carbonyl (C=O) groups excluding carboxylic acids is 2. The third-order valence-electron chi connectivity index (χ3n) is 4.26. The van der Waals surface area contributed by atoms with Crippen LogP contribution in [0.2, 0.25) is 0 Å². The number of rotatable bonds is 4. The first-order valence-corrected chi connectivity index (χ1v) is 7.80. The minimum atomic E-state index is -0.738. The van der Waals surface area contributed by atoms with Crippen LogP contribution < -0.4 is 11.1 Å². The van der Waals surface area contributed by atoms with Crippen LogP contribution in [-0.4, -0.2) is 36.3 Å². The van der Waals surface area contributed by atoms with Gasteiger partial charge in [-0.15, -0.1) is 0 Å². The van der Waals surface area contributed by atoms with E-state index in [2.05, 4.69) is 5.32 Å². The second kappa shape index (κ2) is 6.92. The lowest BCUT2D eigenvalue weighted by Gasteiger charge is -2.31. The molecule has 0 atom stereocenters. The summed E-state index contributed by atoms with van der Waals surface area (Å²) >= 11 is 0. The Morgan fingerprint density at radius 3 is 2.27 bits per heavy atom. The molecule has 5 nitrogen and oxygen atoms in total. The van der Waals surface area contributed by atoms with Gasteiger partial charge in [0.2, 0.25) is 11.8 Å². The van der Waals surface area contributed by atoms with Gasteiger partial charge in [-0.05, 0) is 30.5 Å². The van der Waals surface area contributed by atoms with Gasteiger partial charge >= 0.3 is 0 Å². The van der Waals surface area contributed by atoms with Crippen LogP contribution >= 0.6 is 0 Å². The zero-order chi connectivity index (χ0) is 16.2. The van der Waals surface area contributed by atoms with Crippen molar-refractivity contribution in [2.24, 2.45) is 5.73 Å². The Morgan fingerprint density at radius 1 is 1.14 bits per heavy atom. The average molecular weight is 303 g/mol. The molecule has 22 heavy (non-hydrogen) atoms. The third-order valence-corrected chi connectivity index (χ3v) is 4.26. The lowest BCUT2D eigenvalue weighted by molar-refractivity contribution is -0.128. The highest BCUT2D eigenvalue weighted by Crippen LogP contribution is 2.27. The number of amides is 2. The molecule has 0 bridgehead atoms. The molecule has 0 heterocycles. The smallest absolute Gasteiger partial charge is 0.244 e. The molecule has 0 unspecified atom stereocenters. The maximum Gasteiger partial charge on any atom is 0.244 e. The number of likely N-dealkylation sites (N-methyl/N-ethyl adjacent to an activating group) is 1. The zero-order valence-corrected chi connectivity index (χ0v) is 13.4. The SMILES string of the molecule is CN(C)C(=O)Cc1ccc(NC(=O)C2(N)CCCCC2)cc1. The van der Waals surface area contributed by atoms with E-state index in [0.717, 1.165) is 43.4 Å². The molecule has 0 radical (unpaired) electrons. The molecule has 0 aliphatic heterocycles. The van der Waals surface area contributed by atoms with Crippen molar-refractivity contribution >= 4 is 17.5 Å². The molecule has 1 aliphatic rings. The van der Waals surface area contributed by atoms with Gasteiger partial charge in [0.25, 0.3) is 0 Å². The van der Waals surface area contributed by atoms with E-state index in [-0.39, 0.29) is 11.8 Å². The summed E-state index contributed by atoms with van der Waals surface area (Å²) in [6.45, 7) is 0. The maximum absolute atomic E-state index is 12.3. The van der Waals surface area contributed by atoms with Crippen molar-refractivity contribution in [2.45, 2.75) is 44.1 Å². The highest BCUT2D eigenvalue weighted by Gasteiger charge is 2.35. The first-order chi connectivity index (χ1) is 10.4. The van der Waals surface area contributed by atoms with Crippen molar-refractivity contribution in [3.63, 3.8) is 0 Å². The number of hydrogen-bond donors (Lipinski definition) is 2. The fraction of sp³-hybridized carbons (Fsp3) is 0.529. The first-order valence-electron chi connectivity index (χ1n) is 7.80. The molecule has 0 spiro atoms. The highest BCUT2D eigenvalue weighted by atomic mass is 16.2. The largest absolute Gasteiger partial charge is 0.349 e. The molecule has 120 valence electrons. The summed E-state index contributed by atoms with van der Waals surface area (Å²) in [5, 5.41) is 2.90. The van der Waals surface area contributed by atoms with E-state index in [1.165, 1.54) is 0 Å². The molecule has 3 N–H and O–H groups in total. The molecule has 1 saturated carbocycles. The number of anilines is 1. The summed E-state index contributed by atoms with van der Waals surface area (Å²) in [7, 11) is 3.48. The van der Waals surface area contributed by atoms with E-state index >= 15 is 0 Å². The fourth-order valence-electron chi connectivity index (χ4n) is 2.70. The number of nitrogens with one attached hydrogen (secondary N) is 1. The van der Waals surface area contributed by atoms with Crippen LogP contribution in [0.15, 0.2) is 24.3 Å². The topological polar surface area (TPSA) is 75.4 Å². The van der Waals surface area contributed by atoms with E-state index < -0.39 is 5.54 Å². The second-order valence-electron chi connectivity index (χ2n) is 6.33. The minimum absolute atomic E-state index is 0.0555. The van der Waals surface area contributed by atoms with Crippen LogP contribution in [-0.2, 0) is 16.0 Å². The number of carbonyl (C=O) groups is 2. The first kappa shape index (κ1) is 16.5. The van der Waals surface area contributed by atoms with Crippen molar-refractivity contribution in [3.8, 4) is 0 Å². The third kappa shape index (κ3) is 4.07. The number of nitrogens with two attached hydrogens (primary N) is 1. The molecular formula is C17H25N3O2. The number of benzene rings is 1. The molecule has 1 fully saturated rings. The summed E-state index contributed by atoms with van der Waals surface area (Å²) in [6.07, 6.45) is 5.02. The minimum Gasteiger partial charge on any atom is -0.349 e. The van der Waals surface area contributed by atoms with Gasteiger partial charge < -0.3 is 16.0 Å². The Labute approximate surface area is 131 Å². The van der Waals surface area contributed by atoms with Gasteiger partial charge in [0, 0.05) is 19.8 Å². The van der Waals surface area contributed by atoms with E-state index in [4.69, 9.17) is 5.73 Å². The van der Waals surface area contributed by atoms with Gasteiger partial charge in [0.15, 0.2) is 0 Å². The zero-order valence-electron chi connectivity index (χ0n) is 13.4. The number of hydrogen-bond acceptors (Lipinski definition) is 3. The lowest BCUT2D eigenvalue weighted by Crippen LogP contribution is -2.52. The van der Waals surface area contributed by atoms with Crippen LogP contribution in [0.25, 0.3) is 0 Å². The van der Waals surface area contributed by atoms with Crippen molar-refractivity contribution in [1.82, 2.24) is 4.90 Å². The Hall–Kier alpha value is -1.88. The Morgan fingerprint density at radius 2 is 1.73 bits per heavy atom. The van der Waals surface area contributed by atoms with Gasteiger partial charge in [-0.3, -0.25) is 9.59 Å². The molecule has 0 saturated heterocycles. The van der Waals surface area contributed by atoms with E-state index in [1.54, 1.807) is 19.0 Å². The van der Waals surface area contributed by atoms with Crippen molar-refractivity contribution in [2.75, 3.05) is 19.4 Å². The molecule has 2 rings (SSSR count). The lowest BCUT2D eigenvalue weighted by atomic mass is 9.82.